The third-order valence-corrected chi connectivity index (χ3v) is 3.69. The molecule has 6 heteroatoms. The van der Waals surface area contributed by atoms with Crippen LogP contribution in [0.5, 0.6) is 0 Å². The van der Waals surface area contributed by atoms with E-state index in [1.807, 2.05) is 30.3 Å². The van der Waals surface area contributed by atoms with E-state index in [2.05, 4.69) is 15.6 Å². The highest BCUT2D eigenvalue weighted by Crippen LogP contribution is 2.26. The zero-order valence-electron chi connectivity index (χ0n) is 13.2. The summed E-state index contributed by atoms with van der Waals surface area (Å²) in [5, 5.41) is 5.33. The lowest BCUT2D eigenvalue weighted by Gasteiger charge is -2.27. The maximum absolute atomic E-state index is 12.6. The minimum absolute atomic E-state index is 0.166. The zero-order valence-corrected chi connectivity index (χ0v) is 13.2. The number of rotatable bonds is 4. The van der Waals surface area contributed by atoms with Gasteiger partial charge in [0.1, 0.15) is 12.6 Å². The first-order chi connectivity index (χ1) is 11.6. The Morgan fingerprint density at radius 3 is 2.62 bits per heavy atom. The van der Waals surface area contributed by atoms with Crippen molar-refractivity contribution in [2.24, 2.45) is 0 Å². The number of esters is 1. The molecule has 1 aromatic carbocycles. The first kappa shape index (κ1) is 15.7. The average molecular weight is 323 g/mol. The predicted octanol–water partition coefficient (Wildman–Crippen LogP) is 2.45. The summed E-state index contributed by atoms with van der Waals surface area (Å²) in [6.07, 6.45) is 1.62. The van der Waals surface area contributed by atoms with Gasteiger partial charge >= 0.3 is 12.0 Å². The van der Waals surface area contributed by atoms with E-state index in [9.17, 15) is 9.59 Å². The summed E-state index contributed by atoms with van der Waals surface area (Å²) in [5.41, 5.74) is 2.29. The second-order valence-corrected chi connectivity index (χ2v) is 5.39. The third-order valence-electron chi connectivity index (χ3n) is 3.69. The SMILES string of the molecule is CC1=C(C(=O)OCc2ccccc2)C(c2ccccn2)NC(=O)N1. The molecule has 1 aliphatic rings. The topological polar surface area (TPSA) is 80.3 Å². The Hall–Kier alpha value is -3.15. The van der Waals surface area contributed by atoms with Crippen molar-refractivity contribution in [2.45, 2.75) is 19.6 Å². The first-order valence-electron chi connectivity index (χ1n) is 7.55. The number of aromatic nitrogens is 1. The molecule has 0 aliphatic carbocycles. The summed E-state index contributed by atoms with van der Waals surface area (Å²) in [6.45, 7) is 1.84. The lowest BCUT2D eigenvalue weighted by Crippen LogP contribution is -2.45. The van der Waals surface area contributed by atoms with Gasteiger partial charge in [0.25, 0.3) is 0 Å². The number of hydrogen-bond donors (Lipinski definition) is 2. The molecule has 1 atom stereocenters. The Labute approximate surface area is 139 Å². The fourth-order valence-corrected chi connectivity index (χ4v) is 2.53. The molecule has 1 unspecified atom stereocenters. The van der Waals surface area contributed by atoms with E-state index in [0.29, 0.717) is 17.0 Å². The monoisotopic (exact) mass is 323 g/mol. The molecule has 2 N–H and O–H groups in total. The van der Waals surface area contributed by atoms with E-state index in [-0.39, 0.29) is 12.6 Å². The minimum atomic E-state index is -0.636. The van der Waals surface area contributed by atoms with E-state index in [1.54, 1.807) is 31.3 Å². The number of nitrogens with one attached hydrogen (secondary N) is 2. The third kappa shape index (κ3) is 3.43. The van der Waals surface area contributed by atoms with E-state index in [1.165, 1.54) is 0 Å². The zero-order chi connectivity index (χ0) is 16.9. The Balaban J connectivity index is 1.83. The summed E-state index contributed by atoms with van der Waals surface area (Å²) < 4.78 is 5.41. The fourth-order valence-electron chi connectivity index (χ4n) is 2.53. The van der Waals surface area contributed by atoms with Crippen molar-refractivity contribution in [3.8, 4) is 0 Å². The van der Waals surface area contributed by atoms with Gasteiger partial charge in [-0.1, -0.05) is 36.4 Å². The van der Waals surface area contributed by atoms with Crippen LogP contribution in [-0.2, 0) is 16.1 Å². The Kier molecular flexibility index (Phi) is 4.56. The van der Waals surface area contributed by atoms with Crippen LogP contribution in [0.25, 0.3) is 0 Å². The second-order valence-electron chi connectivity index (χ2n) is 5.39. The molecule has 0 saturated heterocycles. The van der Waals surface area contributed by atoms with Crippen LogP contribution in [0.1, 0.15) is 24.2 Å². The number of amides is 2. The van der Waals surface area contributed by atoms with Crippen molar-refractivity contribution in [1.29, 1.82) is 0 Å². The van der Waals surface area contributed by atoms with Gasteiger partial charge in [0.05, 0.1) is 11.3 Å². The van der Waals surface area contributed by atoms with Gasteiger partial charge in [-0.15, -0.1) is 0 Å². The van der Waals surface area contributed by atoms with E-state index >= 15 is 0 Å². The van der Waals surface area contributed by atoms with Crippen LogP contribution in [-0.4, -0.2) is 17.0 Å². The summed E-state index contributed by atoms with van der Waals surface area (Å²) in [7, 11) is 0. The number of carbonyl (C=O) groups excluding carboxylic acids is 2. The van der Waals surface area contributed by atoms with Crippen LogP contribution >= 0.6 is 0 Å². The fraction of sp³-hybridized carbons (Fsp3) is 0.167. The molecule has 2 amide bonds. The maximum Gasteiger partial charge on any atom is 0.338 e. The van der Waals surface area contributed by atoms with Crippen LogP contribution in [0.4, 0.5) is 4.79 Å². The Morgan fingerprint density at radius 1 is 1.17 bits per heavy atom. The van der Waals surface area contributed by atoms with Crippen LogP contribution in [0, 0.1) is 0 Å². The molecule has 2 aromatic rings. The summed E-state index contributed by atoms with van der Waals surface area (Å²) in [5.74, 6) is -0.487. The predicted molar refractivity (Wildman–Crippen MR) is 87.6 cm³/mol. The molecular weight excluding hydrogens is 306 g/mol. The number of allylic oxidation sites excluding steroid dienone is 1. The lowest BCUT2D eigenvalue weighted by atomic mass is 9.99. The summed E-state index contributed by atoms with van der Waals surface area (Å²) in [6, 6.07) is 13.8. The van der Waals surface area contributed by atoms with Crippen LogP contribution in [0.3, 0.4) is 0 Å². The van der Waals surface area contributed by atoms with Gasteiger partial charge in [-0.2, -0.15) is 0 Å². The normalized spacial score (nSPS) is 17.0. The van der Waals surface area contributed by atoms with Crippen LogP contribution < -0.4 is 10.6 Å². The molecule has 0 radical (unpaired) electrons. The van der Waals surface area contributed by atoms with E-state index < -0.39 is 12.0 Å². The summed E-state index contributed by atoms with van der Waals surface area (Å²) >= 11 is 0. The van der Waals surface area contributed by atoms with Gasteiger partial charge in [-0.3, -0.25) is 4.98 Å². The number of hydrogen-bond acceptors (Lipinski definition) is 4. The molecule has 3 rings (SSSR count). The van der Waals surface area contributed by atoms with E-state index in [4.69, 9.17) is 4.74 Å². The van der Waals surface area contributed by atoms with Crippen LogP contribution in [0.2, 0.25) is 0 Å². The summed E-state index contributed by atoms with van der Waals surface area (Å²) in [4.78, 5) is 28.6. The van der Waals surface area contributed by atoms with Crippen molar-refractivity contribution in [3.63, 3.8) is 0 Å². The molecule has 0 spiro atoms. The molecule has 0 fully saturated rings. The molecular formula is C18H17N3O3. The molecule has 1 aromatic heterocycles. The molecule has 0 bridgehead atoms. The molecule has 1 aliphatic heterocycles. The number of carbonyl (C=O) groups is 2. The van der Waals surface area contributed by atoms with Crippen molar-refractivity contribution in [2.75, 3.05) is 0 Å². The highest BCUT2D eigenvalue weighted by atomic mass is 16.5. The van der Waals surface area contributed by atoms with Gasteiger partial charge in [-0.05, 0) is 24.6 Å². The van der Waals surface area contributed by atoms with E-state index in [0.717, 1.165) is 5.56 Å². The van der Waals surface area contributed by atoms with Gasteiger partial charge in [0.15, 0.2) is 0 Å². The van der Waals surface area contributed by atoms with Gasteiger partial charge < -0.3 is 15.4 Å². The standard InChI is InChI=1S/C18H17N3O3/c1-12-15(17(22)24-11-13-7-3-2-4-8-13)16(21-18(23)20-12)14-9-5-6-10-19-14/h2-10,16H,11H2,1H3,(H2,20,21,23). The first-order valence-corrected chi connectivity index (χ1v) is 7.55. The van der Waals surface area contributed by atoms with Crippen molar-refractivity contribution >= 4 is 12.0 Å². The van der Waals surface area contributed by atoms with Gasteiger partial charge in [0, 0.05) is 11.9 Å². The highest BCUT2D eigenvalue weighted by Gasteiger charge is 2.32. The van der Waals surface area contributed by atoms with Crippen molar-refractivity contribution < 1.29 is 14.3 Å². The molecule has 2 heterocycles. The number of benzene rings is 1. The van der Waals surface area contributed by atoms with Gasteiger partial charge in [-0.25, -0.2) is 9.59 Å². The highest BCUT2D eigenvalue weighted by molar-refractivity contribution is 5.94. The number of ether oxygens (including phenoxy) is 1. The Morgan fingerprint density at radius 2 is 1.92 bits per heavy atom. The van der Waals surface area contributed by atoms with Crippen molar-refractivity contribution in [1.82, 2.24) is 15.6 Å². The average Bonchev–Trinajstić information content (AvgIpc) is 2.60. The van der Waals surface area contributed by atoms with Crippen LogP contribution in [0.15, 0.2) is 66.0 Å². The van der Waals surface area contributed by atoms with Crippen molar-refractivity contribution in [3.05, 3.63) is 77.3 Å². The minimum Gasteiger partial charge on any atom is -0.457 e. The molecule has 0 saturated carbocycles. The Bertz CT molecular complexity index is 773. The largest absolute Gasteiger partial charge is 0.457 e. The number of urea groups is 1. The quantitative estimate of drug-likeness (QED) is 0.847. The number of nitrogens with zero attached hydrogens (tertiary/aromatic N) is 1. The lowest BCUT2D eigenvalue weighted by molar-refractivity contribution is -0.140. The maximum atomic E-state index is 12.6. The van der Waals surface area contributed by atoms with Gasteiger partial charge in [0.2, 0.25) is 0 Å². The molecule has 6 nitrogen and oxygen atoms in total. The number of pyridine rings is 1. The molecule has 24 heavy (non-hydrogen) atoms. The second kappa shape index (κ2) is 6.95. The smallest absolute Gasteiger partial charge is 0.338 e. The molecule has 122 valence electrons.